The van der Waals surface area contributed by atoms with Crippen molar-refractivity contribution in [2.45, 2.75) is 39.2 Å². The number of aromatic carboxylic acids is 1. The van der Waals surface area contributed by atoms with E-state index in [9.17, 15) is 4.79 Å². The number of hydrogen-bond acceptors (Lipinski definition) is 4. The number of aromatic nitrogens is 1. The average molecular weight is 239 g/mol. The molecule has 5 nitrogen and oxygen atoms in total. The number of nitrogens with zero attached hydrogens (tertiary/aromatic N) is 1. The molecule has 94 valence electrons. The average Bonchev–Trinajstić information content (AvgIpc) is 2.56. The van der Waals surface area contributed by atoms with Crippen LogP contribution in [0.4, 0.5) is 0 Å². The van der Waals surface area contributed by atoms with Gasteiger partial charge in [0, 0.05) is 13.0 Å². The van der Waals surface area contributed by atoms with Gasteiger partial charge in [0.15, 0.2) is 11.6 Å². The molecule has 0 aliphatic heterocycles. The Balaban J connectivity index is 1.88. The van der Waals surface area contributed by atoms with Gasteiger partial charge in [-0.1, -0.05) is 0 Å². The molecule has 1 heterocycles. The molecule has 1 aromatic heterocycles. The van der Waals surface area contributed by atoms with Crippen LogP contribution < -0.4 is 0 Å². The third kappa shape index (κ3) is 2.66. The number of carbonyl (C=O) groups is 1. The number of carboxylic acid groups (broad SMARTS) is 1. The summed E-state index contributed by atoms with van der Waals surface area (Å²) in [7, 11) is 0. The predicted octanol–water partition coefficient (Wildman–Crippen LogP) is 2.04. The molecule has 0 bridgehead atoms. The summed E-state index contributed by atoms with van der Waals surface area (Å²) >= 11 is 0. The van der Waals surface area contributed by atoms with Gasteiger partial charge < -0.3 is 14.3 Å². The number of aryl methyl sites for hydroxylation is 1. The second kappa shape index (κ2) is 4.87. The quantitative estimate of drug-likeness (QED) is 0.851. The third-order valence-electron chi connectivity index (χ3n) is 3.10. The van der Waals surface area contributed by atoms with E-state index in [0.29, 0.717) is 30.1 Å². The Morgan fingerprint density at radius 3 is 2.82 bits per heavy atom. The molecule has 1 aliphatic rings. The molecule has 5 heteroatoms. The summed E-state index contributed by atoms with van der Waals surface area (Å²) in [6.07, 6.45) is 3.09. The van der Waals surface area contributed by atoms with Crippen molar-refractivity contribution in [1.29, 1.82) is 0 Å². The highest BCUT2D eigenvalue weighted by Gasteiger charge is 2.31. The summed E-state index contributed by atoms with van der Waals surface area (Å²) in [5.41, 5.74) is 0.0284. The number of rotatable bonds is 5. The first kappa shape index (κ1) is 12.1. The fourth-order valence-corrected chi connectivity index (χ4v) is 2.20. The molecule has 0 radical (unpaired) electrons. The highest BCUT2D eigenvalue weighted by Crippen LogP contribution is 2.32. The summed E-state index contributed by atoms with van der Waals surface area (Å²) in [4.78, 5) is 14.8. The summed E-state index contributed by atoms with van der Waals surface area (Å²) in [6, 6.07) is 0. The standard InChI is InChI=1S/C12H17NO4/c1-3-16-9-4-8(5-9)6-10-13-11(12(14)15)7(2)17-10/h8-9H,3-6H2,1-2H3,(H,14,15). The lowest BCUT2D eigenvalue weighted by atomic mass is 9.80. The Bertz CT molecular complexity index is 407. The summed E-state index contributed by atoms with van der Waals surface area (Å²) in [5, 5.41) is 8.85. The van der Waals surface area contributed by atoms with Crippen LogP contribution in [0, 0.1) is 12.8 Å². The van der Waals surface area contributed by atoms with E-state index in [1.807, 2.05) is 6.92 Å². The maximum Gasteiger partial charge on any atom is 0.358 e. The van der Waals surface area contributed by atoms with Gasteiger partial charge in [-0.15, -0.1) is 0 Å². The van der Waals surface area contributed by atoms with E-state index in [-0.39, 0.29) is 5.69 Å². The lowest BCUT2D eigenvalue weighted by Gasteiger charge is -2.34. The lowest BCUT2D eigenvalue weighted by Crippen LogP contribution is -2.32. The van der Waals surface area contributed by atoms with E-state index in [1.54, 1.807) is 6.92 Å². The van der Waals surface area contributed by atoms with Gasteiger partial charge in [0.25, 0.3) is 0 Å². The van der Waals surface area contributed by atoms with Crippen molar-refractivity contribution in [3.63, 3.8) is 0 Å². The van der Waals surface area contributed by atoms with E-state index >= 15 is 0 Å². The highest BCUT2D eigenvalue weighted by molar-refractivity contribution is 5.86. The zero-order valence-corrected chi connectivity index (χ0v) is 10.1. The fourth-order valence-electron chi connectivity index (χ4n) is 2.20. The number of oxazole rings is 1. The molecule has 0 atom stereocenters. The zero-order chi connectivity index (χ0) is 12.4. The molecular weight excluding hydrogens is 222 g/mol. The van der Waals surface area contributed by atoms with Crippen molar-refractivity contribution in [2.75, 3.05) is 6.61 Å². The van der Waals surface area contributed by atoms with Gasteiger partial charge in [-0.05, 0) is 32.6 Å². The summed E-state index contributed by atoms with van der Waals surface area (Å²) < 4.78 is 10.8. The normalized spacial score (nSPS) is 23.4. The number of carboxylic acids is 1. The van der Waals surface area contributed by atoms with Crippen molar-refractivity contribution in [1.82, 2.24) is 4.98 Å². The maximum atomic E-state index is 10.8. The summed E-state index contributed by atoms with van der Waals surface area (Å²) in [6.45, 7) is 4.37. The predicted molar refractivity (Wildman–Crippen MR) is 60.0 cm³/mol. The van der Waals surface area contributed by atoms with Crippen LogP contribution in [0.5, 0.6) is 0 Å². The van der Waals surface area contributed by atoms with Crippen molar-refractivity contribution < 1.29 is 19.1 Å². The second-order valence-electron chi connectivity index (χ2n) is 4.44. The smallest absolute Gasteiger partial charge is 0.358 e. The van der Waals surface area contributed by atoms with Gasteiger partial charge in [-0.3, -0.25) is 0 Å². The Labute approximate surface area is 99.8 Å². The first-order valence-electron chi connectivity index (χ1n) is 5.91. The molecule has 0 unspecified atom stereocenters. The molecule has 1 aromatic rings. The van der Waals surface area contributed by atoms with Crippen molar-refractivity contribution in [3.8, 4) is 0 Å². The minimum absolute atomic E-state index is 0.0284. The molecule has 0 amide bonds. The van der Waals surface area contributed by atoms with E-state index in [4.69, 9.17) is 14.3 Å². The molecule has 1 saturated carbocycles. The van der Waals surface area contributed by atoms with Gasteiger partial charge in [-0.2, -0.15) is 0 Å². The van der Waals surface area contributed by atoms with Crippen LogP contribution >= 0.6 is 0 Å². The van der Waals surface area contributed by atoms with Crippen LogP contribution in [0.1, 0.15) is 41.9 Å². The van der Waals surface area contributed by atoms with E-state index in [0.717, 1.165) is 19.4 Å². The van der Waals surface area contributed by atoms with Crippen LogP contribution in [0.15, 0.2) is 4.42 Å². The minimum Gasteiger partial charge on any atom is -0.476 e. The first-order valence-corrected chi connectivity index (χ1v) is 5.91. The molecule has 0 spiro atoms. The Morgan fingerprint density at radius 1 is 1.59 bits per heavy atom. The largest absolute Gasteiger partial charge is 0.476 e. The fraction of sp³-hybridized carbons (Fsp3) is 0.667. The SMILES string of the molecule is CCOC1CC(Cc2nc(C(=O)O)c(C)o2)C1. The summed E-state index contributed by atoms with van der Waals surface area (Å²) in [5.74, 6) is 0.387. The van der Waals surface area contributed by atoms with Crippen LogP contribution in [0.3, 0.4) is 0 Å². The Morgan fingerprint density at radius 2 is 2.29 bits per heavy atom. The van der Waals surface area contributed by atoms with E-state index in [2.05, 4.69) is 4.98 Å². The zero-order valence-electron chi connectivity index (χ0n) is 10.1. The van der Waals surface area contributed by atoms with Gasteiger partial charge in [0.1, 0.15) is 5.76 Å². The molecule has 1 aliphatic carbocycles. The van der Waals surface area contributed by atoms with E-state index in [1.165, 1.54) is 0 Å². The number of ether oxygens (including phenoxy) is 1. The molecule has 2 rings (SSSR count). The lowest BCUT2D eigenvalue weighted by molar-refractivity contribution is -0.0255. The van der Waals surface area contributed by atoms with Crippen LogP contribution in [-0.2, 0) is 11.2 Å². The minimum atomic E-state index is -1.03. The maximum absolute atomic E-state index is 10.8. The monoisotopic (exact) mass is 239 g/mol. The van der Waals surface area contributed by atoms with Crippen LogP contribution in [0.2, 0.25) is 0 Å². The van der Waals surface area contributed by atoms with Gasteiger partial charge >= 0.3 is 5.97 Å². The molecule has 0 saturated heterocycles. The molecule has 1 N–H and O–H groups in total. The van der Waals surface area contributed by atoms with Crippen LogP contribution in [0.25, 0.3) is 0 Å². The number of hydrogen-bond donors (Lipinski definition) is 1. The van der Waals surface area contributed by atoms with E-state index < -0.39 is 5.97 Å². The van der Waals surface area contributed by atoms with Crippen LogP contribution in [-0.4, -0.2) is 28.8 Å². The van der Waals surface area contributed by atoms with Gasteiger partial charge in [0.2, 0.25) is 0 Å². The van der Waals surface area contributed by atoms with Gasteiger partial charge in [-0.25, -0.2) is 9.78 Å². The first-order chi connectivity index (χ1) is 8.10. The Kier molecular flexibility index (Phi) is 3.47. The Hall–Kier alpha value is -1.36. The molecule has 17 heavy (non-hydrogen) atoms. The van der Waals surface area contributed by atoms with Crippen molar-refractivity contribution in [2.24, 2.45) is 5.92 Å². The van der Waals surface area contributed by atoms with Gasteiger partial charge in [0.05, 0.1) is 6.10 Å². The highest BCUT2D eigenvalue weighted by atomic mass is 16.5. The second-order valence-corrected chi connectivity index (χ2v) is 4.44. The van der Waals surface area contributed by atoms with Crippen molar-refractivity contribution >= 4 is 5.97 Å². The van der Waals surface area contributed by atoms with Crippen molar-refractivity contribution in [3.05, 3.63) is 17.3 Å². The molecule has 1 fully saturated rings. The molecular formula is C12H17NO4. The molecule has 0 aromatic carbocycles. The third-order valence-corrected chi connectivity index (χ3v) is 3.10. The topological polar surface area (TPSA) is 72.6 Å².